The number of carbonyl (C=O) groups excluding carboxylic acids is 2. The summed E-state index contributed by atoms with van der Waals surface area (Å²) in [4.78, 5) is 24.5. The summed E-state index contributed by atoms with van der Waals surface area (Å²) in [6.07, 6.45) is 0. The zero-order valence-electron chi connectivity index (χ0n) is 15.7. The highest BCUT2D eigenvalue weighted by atomic mass is 35.5. The van der Waals surface area contributed by atoms with Crippen LogP contribution in [0.2, 0.25) is 5.02 Å². The highest BCUT2D eigenvalue weighted by molar-refractivity contribution is 6.34. The van der Waals surface area contributed by atoms with Crippen LogP contribution >= 0.6 is 11.6 Å². The monoisotopic (exact) mass is 422 g/mol. The van der Waals surface area contributed by atoms with E-state index in [1.807, 2.05) is 20.9 Å². The van der Waals surface area contributed by atoms with Gasteiger partial charge in [0.25, 0.3) is 11.8 Å². The molecule has 2 heterocycles. The maximum atomic E-state index is 13.4. The van der Waals surface area contributed by atoms with Gasteiger partial charge >= 0.3 is 0 Å². The molecule has 2 aromatic heterocycles. The molecule has 3 aromatic rings. The van der Waals surface area contributed by atoms with Crippen LogP contribution in [0, 0.1) is 25.5 Å². The fraction of sp³-hybridized carbons (Fsp3) is 0.222. The standard InChI is InChI=1S/C18H17ClF2N6O2/c1-8-11(9(2)27(3)26-8)7-22-18(29)15-6-16(25-24-15)23-17(28)10-4-13(20)14(21)5-12(10)19/h4-6H,7H2,1-3H3,(H,22,29)(H2,23,24,25,28). The zero-order valence-corrected chi connectivity index (χ0v) is 16.5. The molecule has 0 saturated carbocycles. The number of H-pyrrole nitrogens is 1. The largest absolute Gasteiger partial charge is 0.346 e. The van der Waals surface area contributed by atoms with Crippen molar-refractivity contribution in [1.82, 2.24) is 25.3 Å². The molecule has 0 aliphatic rings. The Labute approximate surface area is 169 Å². The first-order valence-corrected chi connectivity index (χ1v) is 8.83. The molecule has 2 amide bonds. The van der Waals surface area contributed by atoms with E-state index in [4.69, 9.17) is 11.6 Å². The number of benzene rings is 1. The van der Waals surface area contributed by atoms with Crippen molar-refractivity contribution in [3.63, 3.8) is 0 Å². The van der Waals surface area contributed by atoms with Crippen molar-refractivity contribution in [2.45, 2.75) is 20.4 Å². The van der Waals surface area contributed by atoms with Crippen LogP contribution in [0.1, 0.15) is 37.8 Å². The molecule has 0 fully saturated rings. The van der Waals surface area contributed by atoms with E-state index >= 15 is 0 Å². The van der Waals surface area contributed by atoms with E-state index in [0.29, 0.717) is 12.1 Å². The second kappa shape index (κ2) is 8.00. The number of halogens is 3. The van der Waals surface area contributed by atoms with Crippen molar-refractivity contribution >= 4 is 29.2 Å². The highest BCUT2D eigenvalue weighted by Crippen LogP contribution is 2.21. The molecule has 0 saturated heterocycles. The number of aryl methyl sites for hydroxylation is 2. The van der Waals surface area contributed by atoms with Crippen molar-refractivity contribution < 1.29 is 18.4 Å². The van der Waals surface area contributed by atoms with Gasteiger partial charge in [0.15, 0.2) is 17.3 Å². The molecule has 0 unspecified atom stereocenters. The Kier molecular flexibility index (Phi) is 5.64. The smallest absolute Gasteiger partial charge is 0.272 e. The number of nitrogens with one attached hydrogen (secondary N) is 3. The first kappa shape index (κ1) is 20.5. The maximum Gasteiger partial charge on any atom is 0.272 e. The van der Waals surface area contributed by atoms with Gasteiger partial charge in [0.1, 0.15) is 5.82 Å². The van der Waals surface area contributed by atoms with Gasteiger partial charge in [-0.1, -0.05) is 11.6 Å². The van der Waals surface area contributed by atoms with Crippen LogP contribution in [-0.2, 0) is 13.6 Å². The van der Waals surface area contributed by atoms with Crippen LogP contribution in [0.3, 0.4) is 0 Å². The lowest BCUT2D eigenvalue weighted by atomic mass is 10.2. The van der Waals surface area contributed by atoms with Gasteiger partial charge in [-0.15, -0.1) is 0 Å². The van der Waals surface area contributed by atoms with E-state index < -0.39 is 23.4 Å². The third-order valence-corrected chi connectivity index (χ3v) is 4.71. The molecule has 0 atom stereocenters. The molecular weight excluding hydrogens is 406 g/mol. The number of rotatable bonds is 5. The molecule has 8 nitrogen and oxygen atoms in total. The van der Waals surface area contributed by atoms with Crippen molar-refractivity contribution in [2.24, 2.45) is 7.05 Å². The minimum absolute atomic E-state index is 0.0379. The Morgan fingerprint density at radius 2 is 1.86 bits per heavy atom. The van der Waals surface area contributed by atoms with Gasteiger partial charge in [0, 0.05) is 30.9 Å². The van der Waals surface area contributed by atoms with Crippen molar-refractivity contribution in [1.29, 1.82) is 0 Å². The molecule has 0 aliphatic carbocycles. The van der Waals surface area contributed by atoms with Crippen molar-refractivity contribution in [3.05, 3.63) is 63.1 Å². The topological polar surface area (TPSA) is 105 Å². The average molecular weight is 423 g/mol. The number of nitrogens with zero attached hydrogens (tertiary/aromatic N) is 3. The molecule has 0 radical (unpaired) electrons. The summed E-state index contributed by atoms with van der Waals surface area (Å²) >= 11 is 5.78. The predicted octanol–water partition coefficient (Wildman–Crippen LogP) is 2.87. The molecule has 29 heavy (non-hydrogen) atoms. The summed E-state index contributed by atoms with van der Waals surface area (Å²) in [5.74, 6) is -3.52. The van der Waals surface area contributed by atoms with Crippen LogP contribution in [0.5, 0.6) is 0 Å². The van der Waals surface area contributed by atoms with Gasteiger partial charge in [-0.2, -0.15) is 10.2 Å². The Morgan fingerprint density at radius 1 is 1.17 bits per heavy atom. The molecule has 3 rings (SSSR count). The number of aromatic amines is 1. The maximum absolute atomic E-state index is 13.4. The number of aromatic nitrogens is 4. The van der Waals surface area contributed by atoms with Crippen LogP contribution in [-0.4, -0.2) is 31.8 Å². The average Bonchev–Trinajstić information content (AvgIpc) is 3.21. The normalized spacial score (nSPS) is 10.8. The highest BCUT2D eigenvalue weighted by Gasteiger charge is 2.18. The third kappa shape index (κ3) is 4.27. The van der Waals surface area contributed by atoms with E-state index in [0.717, 1.165) is 17.0 Å². The van der Waals surface area contributed by atoms with Gasteiger partial charge in [0.05, 0.1) is 16.3 Å². The molecule has 11 heteroatoms. The number of anilines is 1. The molecule has 3 N–H and O–H groups in total. The summed E-state index contributed by atoms with van der Waals surface area (Å²) in [6, 6.07) is 2.71. The van der Waals surface area contributed by atoms with Crippen LogP contribution in [0.15, 0.2) is 18.2 Å². The number of amides is 2. The lowest BCUT2D eigenvalue weighted by Crippen LogP contribution is -2.23. The summed E-state index contributed by atoms with van der Waals surface area (Å²) in [5.41, 5.74) is 2.42. The number of hydrogen-bond acceptors (Lipinski definition) is 4. The number of hydrogen-bond donors (Lipinski definition) is 3. The second-order valence-electron chi connectivity index (χ2n) is 6.32. The number of carbonyl (C=O) groups is 2. The van der Waals surface area contributed by atoms with Crippen LogP contribution < -0.4 is 10.6 Å². The SMILES string of the molecule is Cc1nn(C)c(C)c1CNC(=O)c1cc(NC(=O)c2cc(F)c(F)cc2Cl)[nH]n1. The minimum atomic E-state index is -1.20. The summed E-state index contributed by atoms with van der Waals surface area (Å²) in [7, 11) is 1.82. The van der Waals surface area contributed by atoms with E-state index in [1.165, 1.54) is 6.07 Å². The van der Waals surface area contributed by atoms with E-state index in [9.17, 15) is 18.4 Å². The lowest BCUT2D eigenvalue weighted by molar-refractivity contribution is 0.0945. The first-order valence-electron chi connectivity index (χ1n) is 8.46. The Balaban J connectivity index is 1.66. The second-order valence-corrected chi connectivity index (χ2v) is 6.73. The van der Waals surface area contributed by atoms with E-state index in [1.54, 1.807) is 4.68 Å². The molecule has 0 spiro atoms. The molecule has 1 aromatic carbocycles. The van der Waals surface area contributed by atoms with Gasteiger partial charge in [-0.3, -0.25) is 19.4 Å². The predicted molar refractivity (Wildman–Crippen MR) is 102 cm³/mol. The fourth-order valence-corrected chi connectivity index (χ4v) is 2.96. The zero-order chi connectivity index (χ0) is 21.3. The van der Waals surface area contributed by atoms with E-state index in [-0.39, 0.29) is 28.6 Å². The Hall–Kier alpha value is -3.27. The van der Waals surface area contributed by atoms with Crippen LogP contribution in [0.25, 0.3) is 0 Å². The minimum Gasteiger partial charge on any atom is -0.346 e. The third-order valence-electron chi connectivity index (χ3n) is 4.40. The lowest BCUT2D eigenvalue weighted by Gasteiger charge is -2.05. The van der Waals surface area contributed by atoms with Gasteiger partial charge in [-0.25, -0.2) is 8.78 Å². The molecular formula is C18H17ClF2N6O2. The Morgan fingerprint density at radius 3 is 2.52 bits per heavy atom. The Bertz CT molecular complexity index is 1110. The van der Waals surface area contributed by atoms with Crippen molar-refractivity contribution in [2.75, 3.05) is 5.32 Å². The van der Waals surface area contributed by atoms with Crippen molar-refractivity contribution in [3.8, 4) is 0 Å². The molecule has 152 valence electrons. The van der Waals surface area contributed by atoms with Gasteiger partial charge in [0.2, 0.25) is 0 Å². The molecule has 0 aliphatic heterocycles. The van der Waals surface area contributed by atoms with Crippen LogP contribution in [0.4, 0.5) is 14.6 Å². The fourth-order valence-electron chi connectivity index (χ4n) is 2.72. The summed E-state index contributed by atoms with van der Waals surface area (Å²) in [6.45, 7) is 4.01. The first-order chi connectivity index (χ1) is 13.7. The van der Waals surface area contributed by atoms with Gasteiger partial charge < -0.3 is 10.6 Å². The van der Waals surface area contributed by atoms with Gasteiger partial charge in [-0.05, 0) is 26.0 Å². The van der Waals surface area contributed by atoms with E-state index in [2.05, 4.69) is 25.9 Å². The summed E-state index contributed by atoms with van der Waals surface area (Å²) in [5, 5.41) is 15.5. The quantitative estimate of drug-likeness (QED) is 0.550. The summed E-state index contributed by atoms with van der Waals surface area (Å²) < 4.78 is 28.2. The molecule has 0 bridgehead atoms.